The van der Waals surface area contributed by atoms with E-state index in [4.69, 9.17) is 4.74 Å². The van der Waals surface area contributed by atoms with Gasteiger partial charge in [0, 0.05) is 31.2 Å². The largest absolute Gasteiger partial charge is 0.494 e. The number of nitrogens with zero attached hydrogens (tertiary/aromatic N) is 1. The molecule has 2 aromatic carbocycles. The van der Waals surface area contributed by atoms with Crippen LogP contribution in [0.4, 0.5) is 14.9 Å². The van der Waals surface area contributed by atoms with Gasteiger partial charge in [0.1, 0.15) is 11.6 Å². The molecule has 0 unspecified atom stereocenters. The van der Waals surface area contributed by atoms with Crippen molar-refractivity contribution >= 4 is 17.6 Å². The van der Waals surface area contributed by atoms with E-state index in [0.717, 1.165) is 18.5 Å². The molecule has 1 fully saturated rings. The molecule has 1 saturated heterocycles. The number of benzene rings is 2. The topological polar surface area (TPSA) is 70.7 Å². The second-order valence-electron chi connectivity index (χ2n) is 7.36. The average Bonchev–Trinajstić information content (AvgIpc) is 2.78. The molecule has 0 aliphatic carbocycles. The molecule has 0 saturated carbocycles. The molecule has 3 rings (SSSR count). The predicted molar refractivity (Wildman–Crippen MR) is 114 cm³/mol. The van der Waals surface area contributed by atoms with Crippen molar-refractivity contribution in [1.29, 1.82) is 0 Å². The van der Waals surface area contributed by atoms with E-state index >= 15 is 0 Å². The molecule has 7 heteroatoms. The van der Waals surface area contributed by atoms with Gasteiger partial charge in [-0.2, -0.15) is 0 Å². The van der Waals surface area contributed by atoms with Crippen LogP contribution in [0.1, 0.15) is 25.7 Å². The number of unbranched alkanes of at least 4 members (excludes halogenated alkanes) is 1. The molecule has 3 amide bonds. The minimum Gasteiger partial charge on any atom is -0.494 e. The number of halogens is 1. The summed E-state index contributed by atoms with van der Waals surface area (Å²) >= 11 is 0. The minimum atomic E-state index is -0.285. The van der Waals surface area contributed by atoms with E-state index in [1.165, 1.54) is 12.1 Å². The fourth-order valence-corrected chi connectivity index (χ4v) is 3.37. The number of anilines is 1. The minimum absolute atomic E-state index is 0.0533. The van der Waals surface area contributed by atoms with Crippen LogP contribution in [0.5, 0.6) is 5.75 Å². The third-order valence-corrected chi connectivity index (χ3v) is 5.13. The van der Waals surface area contributed by atoms with Crippen molar-refractivity contribution in [3.05, 3.63) is 60.4 Å². The third kappa shape index (κ3) is 6.76. The lowest BCUT2D eigenvalue weighted by molar-refractivity contribution is -0.126. The lowest BCUT2D eigenvalue weighted by atomic mass is 9.96. The van der Waals surface area contributed by atoms with E-state index in [9.17, 15) is 14.0 Å². The third-order valence-electron chi connectivity index (χ3n) is 5.13. The summed E-state index contributed by atoms with van der Waals surface area (Å²) in [5.74, 6) is 0.357. The van der Waals surface area contributed by atoms with Crippen LogP contribution in [-0.2, 0) is 4.79 Å². The Kier molecular flexibility index (Phi) is 8.06. The highest BCUT2D eigenvalue weighted by Gasteiger charge is 2.27. The van der Waals surface area contributed by atoms with Crippen LogP contribution in [0.25, 0.3) is 0 Å². The predicted octanol–water partition coefficient (Wildman–Crippen LogP) is 4.05. The molecule has 1 aliphatic rings. The van der Waals surface area contributed by atoms with E-state index in [-0.39, 0.29) is 23.7 Å². The maximum Gasteiger partial charge on any atom is 0.321 e. The summed E-state index contributed by atoms with van der Waals surface area (Å²) in [6.45, 7) is 2.27. The van der Waals surface area contributed by atoms with Gasteiger partial charge in [-0.3, -0.25) is 4.79 Å². The fraction of sp³-hybridized carbons (Fsp3) is 0.391. The Morgan fingerprint density at radius 3 is 2.40 bits per heavy atom. The van der Waals surface area contributed by atoms with Crippen molar-refractivity contribution in [3.63, 3.8) is 0 Å². The SMILES string of the molecule is O=C(NCCCCOc1ccc(F)cc1)C1CCN(C(=O)Nc2ccccc2)CC1. The molecule has 0 spiro atoms. The molecule has 1 aliphatic heterocycles. The summed E-state index contributed by atoms with van der Waals surface area (Å²) in [7, 11) is 0. The zero-order chi connectivity index (χ0) is 21.2. The van der Waals surface area contributed by atoms with Crippen molar-refractivity contribution in [2.45, 2.75) is 25.7 Å². The smallest absolute Gasteiger partial charge is 0.321 e. The molecule has 0 atom stereocenters. The number of piperidine rings is 1. The normalized spacial score (nSPS) is 14.2. The number of urea groups is 1. The maximum absolute atomic E-state index is 12.8. The first kappa shape index (κ1) is 21.6. The Bertz CT molecular complexity index is 806. The Balaban J connectivity index is 1.27. The molecule has 0 bridgehead atoms. The number of nitrogens with one attached hydrogen (secondary N) is 2. The van der Waals surface area contributed by atoms with Gasteiger partial charge in [0.2, 0.25) is 5.91 Å². The van der Waals surface area contributed by atoms with Crippen molar-refractivity contribution in [1.82, 2.24) is 10.2 Å². The van der Waals surface area contributed by atoms with Gasteiger partial charge in [-0.15, -0.1) is 0 Å². The van der Waals surface area contributed by atoms with Crippen molar-refractivity contribution in [2.75, 3.05) is 31.6 Å². The zero-order valence-electron chi connectivity index (χ0n) is 17.0. The fourth-order valence-electron chi connectivity index (χ4n) is 3.37. The second kappa shape index (κ2) is 11.2. The molecule has 30 heavy (non-hydrogen) atoms. The summed E-state index contributed by atoms with van der Waals surface area (Å²) in [5.41, 5.74) is 0.769. The molecule has 2 N–H and O–H groups in total. The van der Waals surface area contributed by atoms with E-state index in [0.29, 0.717) is 44.8 Å². The molecular weight excluding hydrogens is 385 g/mol. The van der Waals surface area contributed by atoms with E-state index in [2.05, 4.69) is 10.6 Å². The Labute approximate surface area is 176 Å². The first-order chi connectivity index (χ1) is 14.6. The quantitative estimate of drug-likeness (QED) is 0.642. The number of carbonyl (C=O) groups is 2. The van der Waals surface area contributed by atoms with Gasteiger partial charge in [0.05, 0.1) is 6.61 Å². The summed E-state index contributed by atoms with van der Waals surface area (Å²) in [4.78, 5) is 26.4. The number of hydrogen-bond donors (Lipinski definition) is 2. The number of amides is 3. The molecule has 0 radical (unpaired) electrons. The van der Waals surface area contributed by atoms with Crippen molar-refractivity contribution in [3.8, 4) is 5.75 Å². The standard InChI is InChI=1S/C23H28FN3O3/c24-19-8-10-21(11-9-19)30-17-5-4-14-25-22(28)18-12-15-27(16-13-18)23(29)26-20-6-2-1-3-7-20/h1-3,6-11,18H,4-5,12-17H2,(H,25,28)(H,26,29). The van der Waals surface area contributed by atoms with E-state index in [1.54, 1.807) is 17.0 Å². The van der Waals surface area contributed by atoms with Crippen LogP contribution in [0.3, 0.4) is 0 Å². The summed E-state index contributed by atoms with van der Waals surface area (Å²) in [5, 5.41) is 5.86. The summed E-state index contributed by atoms with van der Waals surface area (Å²) in [6, 6.07) is 15.2. The lowest BCUT2D eigenvalue weighted by Gasteiger charge is -2.31. The van der Waals surface area contributed by atoms with Gasteiger partial charge in [0.25, 0.3) is 0 Å². The first-order valence-electron chi connectivity index (χ1n) is 10.4. The van der Waals surface area contributed by atoms with Crippen LogP contribution in [0, 0.1) is 11.7 Å². The van der Waals surface area contributed by atoms with E-state index in [1.807, 2.05) is 30.3 Å². The zero-order valence-corrected chi connectivity index (χ0v) is 17.0. The van der Waals surface area contributed by atoms with Crippen LogP contribution >= 0.6 is 0 Å². The molecular formula is C23H28FN3O3. The van der Waals surface area contributed by atoms with Crippen LogP contribution in [0.15, 0.2) is 54.6 Å². The van der Waals surface area contributed by atoms with Crippen LogP contribution in [-0.4, -0.2) is 43.1 Å². The number of rotatable bonds is 8. The van der Waals surface area contributed by atoms with Gasteiger partial charge in [0.15, 0.2) is 0 Å². The monoisotopic (exact) mass is 413 g/mol. The average molecular weight is 413 g/mol. The van der Waals surface area contributed by atoms with Gasteiger partial charge in [-0.05, 0) is 62.1 Å². The lowest BCUT2D eigenvalue weighted by Crippen LogP contribution is -2.44. The molecule has 2 aromatic rings. The second-order valence-corrected chi connectivity index (χ2v) is 7.36. The van der Waals surface area contributed by atoms with E-state index < -0.39 is 0 Å². The number of ether oxygens (including phenoxy) is 1. The van der Waals surface area contributed by atoms with Crippen molar-refractivity contribution in [2.24, 2.45) is 5.92 Å². The molecule has 0 aromatic heterocycles. The van der Waals surface area contributed by atoms with Crippen LogP contribution in [0.2, 0.25) is 0 Å². The van der Waals surface area contributed by atoms with Crippen LogP contribution < -0.4 is 15.4 Å². The molecule has 160 valence electrons. The number of carbonyl (C=O) groups excluding carboxylic acids is 2. The summed E-state index contributed by atoms with van der Waals surface area (Å²) in [6.07, 6.45) is 2.95. The number of para-hydroxylation sites is 1. The first-order valence-corrected chi connectivity index (χ1v) is 10.4. The van der Waals surface area contributed by atoms with Gasteiger partial charge in [-0.1, -0.05) is 18.2 Å². The highest BCUT2D eigenvalue weighted by molar-refractivity contribution is 5.89. The molecule has 6 nitrogen and oxygen atoms in total. The Hall–Kier alpha value is -3.09. The number of hydrogen-bond acceptors (Lipinski definition) is 3. The highest BCUT2D eigenvalue weighted by atomic mass is 19.1. The van der Waals surface area contributed by atoms with Gasteiger partial charge in [-0.25, -0.2) is 9.18 Å². The highest BCUT2D eigenvalue weighted by Crippen LogP contribution is 2.18. The Morgan fingerprint density at radius 1 is 1.00 bits per heavy atom. The van der Waals surface area contributed by atoms with Gasteiger partial charge >= 0.3 is 6.03 Å². The Morgan fingerprint density at radius 2 is 1.70 bits per heavy atom. The molecule has 1 heterocycles. The maximum atomic E-state index is 12.8. The van der Waals surface area contributed by atoms with Crippen molar-refractivity contribution < 1.29 is 18.7 Å². The number of likely N-dealkylation sites (tertiary alicyclic amines) is 1. The summed E-state index contributed by atoms with van der Waals surface area (Å²) < 4.78 is 18.4. The van der Waals surface area contributed by atoms with Gasteiger partial charge < -0.3 is 20.3 Å².